The van der Waals surface area contributed by atoms with Crippen molar-refractivity contribution in [2.24, 2.45) is 0 Å². The number of benzene rings is 1. The van der Waals surface area contributed by atoms with E-state index in [1.165, 1.54) is 7.11 Å². The molecule has 0 N–H and O–H groups in total. The number of amides is 1. The maximum Gasteiger partial charge on any atom is 0.337 e. The number of aryl methyl sites for hydroxylation is 2. The van der Waals surface area contributed by atoms with E-state index >= 15 is 0 Å². The Bertz CT molecular complexity index is 784. The zero-order valence-electron chi connectivity index (χ0n) is 14.0. The van der Waals surface area contributed by atoms with E-state index < -0.39 is 5.97 Å². The summed E-state index contributed by atoms with van der Waals surface area (Å²) in [6, 6.07) is 5.19. The van der Waals surface area contributed by atoms with Crippen LogP contribution in [0, 0.1) is 13.8 Å². The van der Waals surface area contributed by atoms with Crippen molar-refractivity contribution in [2.75, 3.05) is 13.7 Å². The first-order valence-corrected chi connectivity index (χ1v) is 8.80. The van der Waals surface area contributed by atoms with Gasteiger partial charge in [-0.2, -0.15) is 0 Å². The number of rotatable bonds is 3. The highest BCUT2D eigenvalue weighted by Crippen LogP contribution is 2.34. The number of hydrogen-bond donors (Lipinski definition) is 0. The van der Waals surface area contributed by atoms with Crippen molar-refractivity contribution in [3.63, 3.8) is 0 Å². The van der Waals surface area contributed by atoms with Gasteiger partial charge in [0.2, 0.25) is 0 Å². The molecule has 6 heteroatoms. The van der Waals surface area contributed by atoms with Gasteiger partial charge in [-0.25, -0.2) is 9.78 Å². The van der Waals surface area contributed by atoms with Crippen molar-refractivity contribution in [1.29, 1.82) is 0 Å². The minimum absolute atomic E-state index is 0.0262. The number of hydrogen-bond acceptors (Lipinski definition) is 5. The van der Waals surface area contributed by atoms with E-state index in [1.807, 2.05) is 30.2 Å². The van der Waals surface area contributed by atoms with Crippen LogP contribution in [0.4, 0.5) is 0 Å². The number of ether oxygens (including phenoxy) is 1. The van der Waals surface area contributed by atoms with Gasteiger partial charge in [0.25, 0.3) is 5.91 Å². The number of carbonyl (C=O) groups excluding carboxylic acids is 2. The minimum Gasteiger partial charge on any atom is -0.465 e. The van der Waals surface area contributed by atoms with E-state index in [1.54, 1.807) is 23.5 Å². The zero-order valence-corrected chi connectivity index (χ0v) is 14.9. The summed E-state index contributed by atoms with van der Waals surface area (Å²) in [6.45, 7) is 4.54. The van der Waals surface area contributed by atoms with Crippen LogP contribution in [-0.4, -0.2) is 35.4 Å². The molecule has 1 aromatic carbocycles. The van der Waals surface area contributed by atoms with Gasteiger partial charge in [-0.3, -0.25) is 4.79 Å². The average Bonchev–Trinajstić information content (AvgIpc) is 3.21. The van der Waals surface area contributed by atoms with E-state index in [4.69, 9.17) is 4.74 Å². The van der Waals surface area contributed by atoms with Crippen molar-refractivity contribution in [3.05, 3.63) is 51.0 Å². The molecule has 0 radical (unpaired) electrons. The second kappa shape index (κ2) is 6.73. The predicted molar refractivity (Wildman–Crippen MR) is 92.4 cm³/mol. The largest absolute Gasteiger partial charge is 0.465 e. The lowest BCUT2D eigenvalue weighted by molar-refractivity contribution is 0.0600. The predicted octanol–water partition coefficient (Wildman–Crippen LogP) is 3.52. The fourth-order valence-electron chi connectivity index (χ4n) is 3.10. The van der Waals surface area contributed by atoms with Crippen molar-refractivity contribution in [1.82, 2.24) is 9.88 Å². The molecule has 2 heterocycles. The molecule has 2 aromatic rings. The summed E-state index contributed by atoms with van der Waals surface area (Å²) in [5.74, 6) is -0.486. The van der Waals surface area contributed by atoms with Gasteiger partial charge in [-0.05, 0) is 50.5 Å². The first-order chi connectivity index (χ1) is 11.5. The lowest BCUT2D eigenvalue weighted by Gasteiger charge is -2.23. The van der Waals surface area contributed by atoms with Crippen LogP contribution in [0.2, 0.25) is 0 Å². The molecule has 3 rings (SSSR count). The maximum atomic E-state index is 13.0. The molecule has 0 aliphatic carbocycles. The molecule has 0 spiro atoms. The summed E-state index contributed by atoms with van der Waals surface area (Å²) in [5.41, 5.74) is 2.78. The van der Waals surface area contributed by atoms with Crippen molar-refractivity contribution in [2.45, 2.75) is 32.7 Å². The van der Waals surface area contributed by atoms with Crippen LogP contribution in [0.5, 0.6) is 0 Å². The molecule has 1 aromatic heterocycles. The molecular weight excluding hydrogens is 324 g/mol. The Morgan fingerprint density at radius 1 is 1.25 bits per heavy atom. The van der Waals surface area contributed by atoms with Gasteiger partial charge >= 0.3 is 5.97 Å². The Labute approximate surface area is 145 Å². The quantitative estimate of drug-likeness (QED) is 0.799. The number of aromatic nitrogens is 1. The Hall–Kier alpha value is -2.21. The number of esters is 1. The molecule has 0 bridgehead atoms. The van der Waals surface area contributed by atoms with Gasteiger partial charge in [0, 0.05) is 23.2 Å². The second-order valence-electron chi connectivity index (χ2n) is 6.06. The molecule has 1 atom stereocenters. The Morgan fingerprint density at radius 2 is 2.00 bits per heavy atom. The number of nitrogens with zero attached hydrogens (tertiary/aromatic N) is 2. The lowest BCUT2D eigenvalue weighted by atomic mass is 10.1. The van der Waals surface area contributed by atoms with Crippen LogP contribution >= 0.6 is 11.3 Å². The van der Waals surface area contributed by atoms with Gasteiger partial charge < -0.3 is 9.64 Å². The topological polar surface area (TPSA) is 59.5 Å². The fraction of sp³-hybridized carbons (Fsp3) is 0.389. The molecule has 24 heavy (non-hydrogen) atoms. The van der Waals surface area contributed by atoms with Crippen LogP contribution < -0.4 is 0 Å². The molecule has 0 saturated carbocycles. The summed E-state index contributed by atoms with van der Waals surface area (Å²) in [5, 5.41) is 3.00. The first-order valence-electron chi connectivity index (χ1n) is 7.92. The Morgan fingerprint density at radius 3 is 2.67 bits per heavy atom. The van der Waals surface area contributed by atoms with E-state index in [0.29, 0.717) is 17.7 Å². The SMILES string of the molecule is COC(=O)c1cc(C)cc(C(=O)N2CCC[C@@H]2c2nc(C)cs2)c1. The van der Waals surface area contributed by atoms with Gasteiger partial charge in [0.15, 0.2) is 0 Å². The standard InChI is InChI=1S/C18H20N2O3S/c1-11-7-13(9-14(8-11)18(22)23-3)17(21)20-6-4-5-15(20)16-19-12(2)10-24-16/h7-10,15H,4-6H2,1-3H3/t15-/m1/s1. The van der Waals surface area contributed by atoms with Crippen LogP contribution in [0.15, 0.2) is 23.6 Å². The third-order valence-corrected chi connectivity index (χ3v) is 5.24. The van der Waals surface area contributed by atoms with E-state index in [9.17, 15) is 9.59 Å². The summed E-state index contributed by atoms with van der Waals surface area (Å²) >= 11 is 1.60. The third-order valence-electron chi connectivity index (χ3n) is 4.18. The van der Waals surface area contributed by atoms with E-state index in [-0.39, 0.29) is 11.9 Å². The molecule has 1 saturated heterocycles. The van der Waals surface area contributed by atoms with Gasteiger partial charge in [-0.1, -0.05) is 0 Å². The van der Waals surface area contributed by atoms with E-state index in [2.05, 4.69) is 4.98 Å². The maximum absolute atomic E-state index is 13.0. The molecule has 1 amide bonds. The lowest BCUT2D eigenvalue weighted by Crippen LogP contribution is -2.30. The number of methoxy groups -OCH3 is 1. The minimum atomic E-state index is -0.429. The fourth-order valence-corrected chi connectivity index (χ4v) is 4.04. The van der Waals surface area contributed by atoms with Gasteiger partial charge in [0.05, 0.1) is 18.7 Å². The number of thiazole rings is 1. The molecule has 0 unspecified atom stereocenters. The number of carbonyl (C=O) groups is 2. The van der Waals surface area contributed by atoms with E-state index in [0.717, 1.165) is 29.1 Å². The van der Waals surface area contributed by atoms with Crippen LogP contribution in [0.1, 0.15) is 55.9 Å². The molecule has 5 nitrogen and oxygen atoms in total. The highest BCUT2D eigenvalue weighted by Gasteiger charge is 2.32. The van der Waals surface area contributed by atoms with Gasteiger partial charge in [-0.15, -0.1) is 11.3 Å². The molecule has 1 aliphatic rings. The second-order valence-corrected chi connectivity index (χ2v) is 6.95. The van der Waals surface area contributed by atoms with Crippen LogP contribution in [-0.2, 0) is 4.74 Å². The molecule has 126 valence electrons. The smallest absolute Gasteiger partial charge is 0.337 e. The molecule has 1 aliphatic heterocycles. The highest BCUT2D eigenvalue weighted by atomic mass is 32.1. The highest BCUT2D eigenvalue weighted by molar-refractivity contribution is 7.09. The van der Waals surface area contributed by atoms with Crippen LogP contribution in [0.25, 0.3) is 0 Å². The Balaban J connectivity index is 1.90. The normalized spacial score (nSPS) is 17.1. The van der Waals surface area contributed by atoms with Crippen molar-refractivity contribution < 1.29 is 14.3 Å². The zero-order chi connectivity index (χ0) is 17.3. The summed E-state index contributed by atoms with van der Waals surface area (Å²) < 4.78 is 4.77. The monoisotopic (exact) mass is 344 g/mol. The molecule has 1 fully saturated rings. The summed E-state index contributed by atoms with van der Waals surface area (Å²) in [4.78, 5) is 31.2. The molecular formula is C18H20N2O3S. The number of likely N-dealkylation sites (tertiary alicyclic amines) is 1. The Kier molecular flexibility index (Phi) is 4.66. The van der Waals surface area contributed by atoms with Gasteiger partial charge in [0.1, 0.15) is 5.01 Å². The summed E-state index contributed by atoms with van der Waals surface area (Å²) in [6.07, 6.45) is 1.89. The third kappa shape index (κ3) is 3.19. The van der Waals surface area contributed by atoms with Crippen molar-refractivity contribution in [3.8, 4) is 0 Å². The van der Waals surface area contributed by atoms with Crippen molar-refractivity contribution >= 4 is 23.2 Å². The van der Waals surface area contributed by atoms with Crippen LogP contribution in [0.3, 0.4) is 0 Å². The summed E-state index contributed by atoms with van der Waals surface area (Å²) in [7, 11) is 1.34. The average molecular weight is 344 g/mol. The first kappa shape index (κ1) is 16.6.